The summed E-state index contributed by atoms with van der Waals surface area (Å²) in [6.45, 7) is 17.1. The number of hydrogen-bond donors (Lipinski definition) is 0. The predicted octanol–water partition coefficient (Wildman–Crippen LogP) is 9.21. The molecule has 5 unspecified atom stereocenters. The van der Waals surface area contributed by atoms with E-state index in [0.29, 0.717) is 23.3 Å². The first-order valence-corrected chi connectivity index (χ1v) is 17.1. The van der Waals surface area contributed by atoms with E-state index in [1.165, 1.54) is 31.4 Å². The minimum atomic E-state index is -4.23. The average Bonchev–Trinajstić information content (AvgIpc) is 3.01. The first-order valence-electron chi connectivity index (χ1n) is 14.8. The van der Waals surface area contributed by atoms with Crippen molar-refractivity contribution in [1.29, 1.82) is 0 Å². The summed E-state index contributed by atoms with van der Waals surface area (Å²) in [5.41, 5.74) is 3.15. The van der Waals surface area contributed by atoms with E-state index in [0.717, 1.165) is 36.6 Å². The van der Waals surface area contributed by atoms with Crippen LogP contribution < -0.4 is 4.90 Å². The zero-order chi connectivity index (χ0) is 28.8. The molecule has 4 rings (SSSR count). The van der Waals surface area contributed by atoms with Gasteiger partial charge in [-0.3, -0.25) is 0 Å². The first kappa shape index (κ1) is 30.6. The number of allylic oxidation sites excluding steroid dienone is 1. The van der Waals surface area contributed by atoms with Gasteiger partial charge in [-0.15, -0.1) is 0 Å². The number of ether oxygens (including phenoxy) is 1. The summed E-state index contributed by atoms with van der Waals surface area (Å²) < 4.78 is 45.1. The van der Waals surface area contributed by atoms with Gasteiger partial charge in [-0.25, -0.2) is 9.21 Å². The number of alkyl halides is 3. The first-order chi connectivity index (χ1) is 18.1. The number of halogens is 3. The highest BCUT2D eigenvalue weighted by atomic mass is 32.2. The van der Waals surface area contributed by atoms with E-state index >= 15 is 0 Å². The van der Waals surface area contributed by atoms with Crippen molar-refractivity contribution >= 4 is 26.6 Å². The monoisotopic (exact) mass is 565 g/mol. The molecule has 2 nitrogen and oxygen atoms in total. The Hall–Kier alpha value is -1.40. The molecule has 2 heterocycles. The summed E-state index contributed by atoms with van der Waals surface area (Å²) in [5.74, 6) is 11.9. The quantitative estimate of drug-likeness (QED) is 0.291. The van der Waals surface area contributed by atoms with Crippen molar-refractivity contribution in [1.82, 2.24) is 0 Å². The van der Waals surface area contributed by atoms with Crippen LogP contribution in [-0.2, 0) is 4.74 Å². The van der Waals surface area contributed by atoms with Gasteiger partial charge in [0.2, 0.25) is 0 Å². The van der Waals surface area contributed by atoms with Crippen molar-refractivity contribution in [2.24, 2.45) is 34.5 Å². The molecule has 0 radical (unpaired) electrons. The van der Waals surface area contributed by atoms with Gasteiger partial charge in [0.1, 0.15) is 5.92 Å². The predicted molar refractivity (Wildman–Crippen MR) is 164 cm³/mol. The van der Waals surface area contributed by atoms with Gasteiger partial charge in [-0.05, 0) is 84.5 Å². The van der Waals surface area contributed by atoms with Crippen LogP contribution in [0.25, 0.3) is 0 Å². The Bertz CT molecular complexity index is 1120. The maximum atomic E-state index is 13.3. The lowest BCUT2D eigenvalue weighted by Crippen LogP contribution is -2.42. The Labute approximate surface area is 235 Å². The van der Waals surface area contributed by atoms with Gasteiger partial charge in [-0.1, -0.05) is 71.5 Å². The van der Waals surface area contributed by atoms with E-state index in [9.17, 15) is 13.2 Å². The Kier molecular flexibility index (Phi) is 8.71. The highest BCUT2D eigenvalue weighted by Gasteiger charge is 2.53. The van der Waals surface area contributed by atoms with Crippen LogP contribution in [0.3, 0.4) is 0 Å². The largest absolute Gasteiger partial charge is 0.396 e. The van der Waals surface area contributed by atoms with Crippen LogP contribution in [0.2, 0.25) is 0 Å². The lowest BCUT2D eigenvalue weighted by atomic mass is 9.62. The van der Waals surface area contributed by atoms with Gasteiger partial charge in [0.15, 0.2) is 0 Å². The zero-order valence-corrected chi connectivity index (χ0v) is 25.6. The van der Waals surface area contributed by atoms with E-state index in [1.807, 2.05) is 24.3 Å². The van der Waals surface area contributed by atoms with Gasteiger partial charge in [0.25, 0.3) is 0 Å². The van der Waals surface area contributed by atoms with E-state index < -0.39 is 27.4 Å². The molecule has 0 amide bonds. The van der Waals surface area contributed by atoms with Crippen molar-refractivity contribution in [3.8, 4) is 0 Å². The highest BCUT2D eigenvalue weighted by molar-refractivity contribution is 8.27. The minimum absolute atomic E-state index is 0.0562. The minimum Gasteiger partial charge on any atom is -0.372 e. The van der Waals surface area contributed by atoms with E-state index in [4.69, 9.17) is 11.3 Å². The molecule has 1 aliphatic carbocycles. The third-order valence-corrected chi connectivity index (χ3v) is 12.6. The second kappa shape index (κ2) is 11.1. The molecule has 6 heteroatoms. The third-order valence-electron chi connectivity index (χ3n) is 10.0. The molecule has 0 N–H and O–H groups in total. The molecular formula is C33H50F3NOS. The van der Waals surface area contributed by atoms with Gasteiger partial charge >= 0.3 is 6.18 Å². The molecule has 3 fully saturated rings. The van der Waals surface area contributed by atoms with Crippen molar-refractivity contribution in [2.75, 3.05) is 29.6 Å². The second-order valence-corrected chi connectivity index (χ2v) is 16.8. The highest BCUT2D eigenvalue weighted by Crippen LogP contribution is 2.60. The lowest BCUT2D eigenvalue weighted by molar-refractivity contribution is -0.276. The molecule has 2 saturated heterocycles. The normalized spacial score (nSPS) is 32.2. The molecule has 1 spiro atoms. The van der Waals surface area contributed by atoms with Crippen molar-refractivity contribution in [3.05, 3.63) is 42.1 Å². The van der Waals surface area contributed by atoms with Crippen LogP contribution in [0.5, 0.6) is 0 Å². The summed E-state index contributed by atoms with van der Waals surface area (Å²) in [7, 11) is -1.15. The molecule has 2 aliphatic heterocycles. The average molecular weight is 566 g/mol. The Morgan fingerprint density at radius 3 is 2.26 bits per heavy atom. The number of hydrogen-bond acceptors (Lipinski definition) is 2. The summed E-state index contributed by atoms with van der Waals surface area (Å²) >= 11 is 0. The molecule has 39 heavy (non-hydrogen) atoms. The standard InChI is InChI=1S/C33H50F3NOS/c1-9-31(22-39(7,8)21-23(2)3)15-10-16-32(28(19-31)24(4)5)17-18-37(25(32)6)27-13-11-26(12-14-27)30-29(20-38-30)33(34,35)36/h11-14,23-24,28-30H,6-10,15-22H2,1-5H3. The fourth-order valence-electron chi connectivity index (χ4n) is 8.11. The van der Waals surface area contributed by atoms with Crippen LogP contribution in [0.15, 0.2) is 36.5 Å². The molecular weight excluding hydrogens is 515 g/mol. The van der Waals surface area contributed by atoms with Crippen LogP contribution >= 0.6 is 9.21 Å². The SMILES string of the molecule is C=C1N(c2ccc(C3OCC3C(F)(F)F)cc2)CCC12CCCC(CC)(CS(=C)(=C)CC(C)C)CC2C(C)C. The van der Waals surface area contributed by atoms with Crippen LogP contribution in [0.1, 0.15) is 84.8 Å². The Morgan fingerprint density at radius 2 is 1.74 bits per heavy atom. The molecule has 1 aromatic rings. The molecule has 0 bridgehead atoms. The molecule has 5 atom stereocenters. The van der Waals surface area contributed by atoms with Crippen molar-refractivity contribution in [3.63, 3.8) is 0 Å². The van der Waals surface area contributed by atoms with Crippen LogP contribution in [0, 0.1) is 34.5 Å². The van der Waals surface area contributed by atoms with Crippen molar-refractivity contribution < 1.29 is 17.9 Å². The lowest BCUT2D eigenvalue weighted by Gasteiger charge is -2.44. The van der Waals surface area contributed by atoms with E-state index in [1.54, 1.807) is 0 Å². The topological polar surface area (TPSA) is 12.5 Å². The van der Waals surface area contributed by atoms with E-state index in [2.05, 4.69) is 51.3 Å². The van der Waals surface area contributed by atoms with Crippen LogP contribution in [-0.4, -0.2) is 42.6 Å². The van der Waals surface area contributed by atoms with Gasteiger partial charge in [0.05, 0.1) is 12.7 Å². The summed E-state index contributed by atoms with van der Waals surface area (Å²) in [5, 5.41) is 0. The smallest absolute Gasteiger partial charge is 0.372 e. The van der Waals surface area contributed by atoms with Crippen LogP contribution in [0.4, 0.5) is 18.9 Å². The fraction of sp³-hybridized carbons (Fsp3) is 0.697. The molecule has 1 aromatic carbocycles. The van der Waals surface area contributed by atoms with Gasteiger partial charge in [-0.2, -0.15) is 13.2 Å². The molecule has 220 valence electrons. The summed E-state index contributed by atoms with van der Waals surface area (Å²) in [6, 6.07) is 7.54. The second-order valence-electron chi connectivity index (χ2n) is 13.7. The zero-order valence-electron chi connectivity index (χ0n) is 24.8. The fourth-order valence-corrected chi connectivity index (χ4v) is 11.4. The number of nitrogens with zero attached hydrogens (tertiary/aromatic N) is 1. The Morgan fingerprint density at radius 1 is 1.08 bits per heavy atom. The maximum Gasteiger partial charge on any atom is 0.396 e. The van der Waals surface area contributed by atoms with Gasteiger partial charge in [0, 0.05) is 23.3 Å². The summed E-state index contributed by atoms with van der Waals surface area (Å²) in [6.07, 6.45) is 1.90. The third kappa shape index (κ3) is 6.12. The number of benzene rings is 1. The maximum absolute atomic E-state index is 13.3. The van der Waals surface area contributed by atoms with Crippen molar-refractivity contribution in [2.45, 2.75) is 85.4 Å². The molecule has 1 saturated carbocycles. The van der Waals surface area contributed by atoms with Gasteiger partial charge < -0.3 is 9.64 Å². The Balaban J connectivity index is 1.56. The molecule has 0 aromatic heterocycles. The summed E-state index contributed by atoms with van der Waals surface area (Å²) in [4.78, 5) is 2.33. The molecule has 3 aliphatic rings. The number of anilines is 1. The van der Waals surface area contributed by atoms with E-state index in [-0.39, 0.29) is 17.4 Å². The number of rotatable bonds is 8.